The van der Waals surface area contributed by atoms with Gasteiger partial charge in [-0.15, -0.1) is 0 Å². The predicted molar refractivity (Wildman–Crippen MR) is 121 cm³/mol. The second kappa shape index (κ2) is 7.59. The molecule has 4 heterocycles. The van der Waals surface area contributed by atoms with Crippen LogP contribution >= 0.6 is 0 Å². The van der Waals surface area contributed by atoms with Crippen LogP contribution in [-0.2, 0) is 0 Å². The third-order valence-corrected chi connectivity index (χ3v) is 6.51. The summed E-state index contributed by atoms with van der Waals surface area (Å²) in [5.41, 5.74) is 8.85. The molecule has 1 aliphatic carbocycles. The van der Waals surface area contributed by atoms with Gasteiger partial charge >= 0.3 is 0 Å². The van der Waals surface area contributed by atoms with Gasteiger partial charge in [0.1, 0.15) is 29.5 Å². The number of hydrogen-bond donors (Lipinski definition) is 3. The van der Waals surface area contributed by atoms with Gasteiger partial charge in [0, 0.05) is 29.4 Å². The van der Waals surface area contributed by atoms with E-state index in [2.05, 4.69) is 25.6 Å². The monoisotopic (exact) mass is 444 g/mol. The van der Waals surface area contributed by atoms with Crippen molar-refractivity contribution in [3.8, 4) is 11.3 Å². The van der Waals surface area contributed by atoms with Gasteiger partial charge in [0.2, 0.25) is 0 Å². The Bertz CT molecular complexity index is 1370. The topological polar surface area (TPSA) is 124 Å². The molecule has 166 valence electrons. The van der Waals surface area contributed by atoms with E-state index in [-0.39, 0.29) is 17.8 Å². The molecule has 0 spiro atoms. The number of aromatic nitrogens is 5. The molecule has 33 heavy (non-hydrogen) atoms. The zero-order chi connectivity index (χ0) is 22.5. The van der Waals surface area contributed by atoms with Crippen LogP contribution in [-0.4, -0.2) is 43.2 Å². The summed E-state index contributed by atoms with van der Waals surface area (Å²) in [6.45, 7) is 1.05. The lowest BCUT2D eigenvalue weighted by Crippen LogP contribution is -2.35. The molecule has 0 radical (unpaired) electrons. The largest absolute Gasteiger partial charge is 0.383 e. The number of piperidine rings is 1. The lowest BCUT2D eigenvalue weighted by atomic mass is 10.1. The SMILES string of the molecule is Nc1ncnc2c1c(-c1ccc(C(=O)Nc3cc(F)ccn3)cc1)nn2C1C[C@@H]2CN[C@@H]1C2. The number of fused-ring (bicyclic) bond motifs is 3. The first kappa shape index (κ1) is 19.7. The van der Waals surface area contributed by atoms with Crippen molar-refractivity contribution in [3.05, 3.63) is 60.3 Å². The van der Waals surface area contributed by atoms with Crippen molar-refractivity contribution in [2.24, 2.45) is 5.92 Å². The molecule has 4 aromatic rings. The maximum absolute atomic E-state index is 13.4. The number of pyridine rings is 1. The Labute approximate surface area is 188 Å². The number of carbonyl (C=O) groups excluding carboxylic acids is 1. The number of anilines is 2. The van der Waals surface area contributed by atoms with Crippen molar-refractivity contribution in [2.45, 2.75) is 24.9 Å². The van der Waals surface area contributed by atoms with Crippen LogP contribution in [0.4, 0.5) is 16.0 Å². The van der Waals surface area contributed by atoms with E-state index in [0.717, 1.165) is 30.6 Å². The van der Waals surface area contributed by atoms with Gasteiger partial charge in [0.15, 0.2) is 5.65 Å². The fourth-order valence-corrected chi connectivity index (χ4v) is 4.96. The number of amides is 1. The zero-order valence-electron chi connectivity index (χ0n) is 17.6. The Morgan fingerprint density at radius 1 is 1.15 bits per heavy atom. The molecule has 1 amide bonds. The molecule has 1 unspecified atom stereocenters. The summed E-state index contributed by atoms with van der Waals surface area (Å²) in [5, 5.41) is 11.8. The predicted octanol–water partition coefficient (Wildman–Crippen LogP) is 2.78. The highest BCUT2D eigenvalue weighted by Gasteiger charge is 2.42. The highest BCUT2D eigenvalue weighted by Crippen LogP contribution is 2.41. The second-order valence-corrected chi connectivity index (χ2v) is 8.56. The number of benzene rings is 1. The van der Waals surface area contributed by atoms with Gasteiger partial charge in [-0.2, -0.15) is 5.10 Å². The quantitative estimate of drug-likeness (QED) is 0.442. The molecule has 1 saturated carbocycles. The fraction of sp³-hybridized carbons (Fsp3) is 0.261. The fourth-order valence-electron chi connectivity index (χ4n) is 4.96. The van der Waals surface area contributed by atoms with Crippen molar-refractivity contribution in [2.75, 3.05) is 17.6 Å². The molecule has 9 nitrogen and oxygen atoms in total. The number of hydrogen-bond acceptors (Lipinski definition) is 7. The minimum atomic E-state index is -0.469. The van der Waals surface area contributed by atoms with Crippen molar-refractivity contribution >= 4 is 28.6 Å². The number of nitrogens with one attached hydrogen (secondary N) is 2. The smallest absolute Gasteiger partial charge is 0.256 e. The van der Waals surface area contributed by atoms with Crippen LogP contribution in [0.15, 0.2) is 48.9 Å². The van der Waals surface area contributed by atoms with Crippen molar-refractivity contribution < 1.29 is 9.18 Å². The van der Waals surface area contributed by atoms with Crippen molar-refractivity contribution in [1.29, 1.82) is 0 Å². The van der Waals surface area contributed by atoms with Gasteiger partial charge in [0.05, 0.1) is 11.4 Å². The minimum Gasteiger partial charge on any atom is -0.383 e. The molecule has 6 rings (SSSR count). The van der Waals surface area contributed by atoms with Crippen LogP contribution in [0.2, 0.25) is 0 Å². The zero-order valence-corrected chi connectivity index (χ0v) is 17.6. The van der Waals surface area contributed by atoms with Gasteiger partial charge in [0.25, 0.3) is 5.91 Å². The van der Waals surface area contributed by atoms with E-state index in [0.29, 0.717) is 34.4 Å². The lowest BCUT2D eigenvalue weighted by molar-refractivity contribution is 0.102. The first-order valence-corrected chi connectivity index (χ1v) is 10.8. The number of carbonyl (C=O) groups is 1. The third kappa shape index (κ3) is 3.39. The molecule has 2 bridgehead atoms. The van der Waals surface area contributed by atoms with E-state index >= 15 is 0 Å². The molecule has 2 aliphatic rings. The lowest BCUT2D eigenvalue weighted by Gasteiger charge is -2.23. The third-order valence-electron chi connectivity index (χ3n) is 6.51. The summed E-state index contributed by atoms with van der Waals surface area (Å²) in [6, 6.07) is 9.98. The molecule has 1 aromatic carbocycles. The Morgan fingerprint density at radius 2 is 2.00 bits per heavy atom. The number of nitrogen functional groups attached to an aromatic ring is 1. The van der Waals surface area contributed by atoms with Gasteiger partial charge in [-0.05, 0) is 43.5 Å². The number of halogens is 1. The maximum Gasteiger partial charge on any atom is 0.256 e. The minimum absolute atomic E-state index is 0.151. The molecule has 3 aromatic heterocycles. The van der Waals surface area contributed by atoms with E-state index in [4.69, 9.17) is 10.8 Å². The maximum atomic E-state index is 13.4. The molecule has 1 saturated heterocycles. The average molecular weight is 444 g/mol. The van der Waals surface area contributed by atoms with Gasteiger partial charge in [-0.3, -0.25) is 4.79 Å². The molecule has 3 atom stereocenters. The van der Waals surface area contributed by atoms with Crippen LogP contribution in [0.3, 0.4) is 0 Å². The summed E-state index contributed by atoms with van der Waals surface area (Å²) in [5.74, 6) is 0.330. The molecule has 2 fully saturated rings. The van der Waals surface area contributed by atoms with E-state index in [1.807, 2.05) is 16.8 Å². The number of nitrogens with zero attached hydrogens (tertiary/aromatic N) is 5. The van der Waals surface area contributed by atoms with E-state index in [1.165, 1.54) is 24.7 Å². The summed E-state index contributed by atoms with van der Waals surface area (Å²) in [4.78, 5) is 25.2. The number of nitrogens with two attached hydrogens (primary N) is 1. The average Bonchev–Trinajstić information content (AvgIpc) is 3.54. The highest BCUT2D eigenvalue weighted by atomic mass is 19.1. The van der Waals surface area contributed by atoms with E-state index in [9.17, 15) is 9.18 Å². The molecule has 4 N–H and O–H groups in total. The highest BCUT2D eigenvalue weighted by molar-refractivity contribution is 6.04. The molecular weight excluding hydrogens is 423 g/mol. The normalized spacial score (nSPS) is 21.5. The summed E-state index contributed by atoms with van der Waals surface area (Å²) in [7, 11) is 0. The van der Waals surface area contributed by atoms with Crippen LogP contribution in [0.25, 0.3) is 22.3 Å². The van der Waals surface area contributed by atoms with Crippen LogP contribution in [0, 0.1) is 11.7 Å². The van der Waals surface area contributed by atoms with E-state index < -0.39 is 5.82 Å². The van der Waals surface area contributed by atoms with Crippen LogP contribution in [0.1, 0.15) is 29.2 Å². The first-order chi connectivity index (χ1) is 16.1. The van der Waals surface area contributed by atoms with Gasteiger partial charge in [-0.25, -0.2) is 24.0 Å². The van der Waals surface area contributed by atoms with Gasteiger partial charge in [-0.1, -0.05) is 12.1 Å². The molecule has 1 aliphatic heterocycles. The second-order valence-electron chi connectivity index (χ2n) is 8.56. The van der Waals surface area contributed by atoms with Gasteiger partial charge < -0.3 is 16.4 Å². The van der Waals surface area contributed by atoms with Crippen molar-refractivity contribution in [3.63, 3.8) is 0 Å². The molecule has 10 heteroatoms. The van der Waals surface area contributed by atoms with E-state index in [1.54, 1.807) is 12.1 Å². The van der Waals surface area contributed by atoms with Crippen LogP contribution < -0.4 is 16.4 Å². The Morgan fingerprint density at radius 3 is 2.73 bits per heavy atom. The summed E-state index contributed by atoms with van der Waals surface area (Å²) < 4.78 is 15.3. The van der Waals surface area contributed by atoms with Crippen molar-refractivity contribution in [1.82, 2.24) is 30.0 Å². The van der Waals surface area contributed by atoms with Crippen LogP contribution in [0.5, 0.6) is 0 Å². The Hall–Kier alpha value is -3.92. The Balaban J connectivity index is 1.33. The Kier molecular flexibility index (Phi) is 4.54. The number of rotatable bonds is 4. The standard InChI is InChI=1S/C23H21FN8O/c24-15-5-6-26-18(9-15)30-23(33)14-3-1-13(2-4-14)20-19-21(25)28-11-29-22(19)32(31-20)17-8-12-7-16(17)27-10-12/h1-6,9,11-12,16-17,27H,7-8,10H2,(H2,25,28,29)(H,26,30,33)/t12-,16-,17?/m1/s1. The first-order valence-electron chi connectivity index (χ1n) is 10.8. The summed E-state index contributed by atoms with van der Waals surface area (Å²) >= 11 is 0. The molecular formula is C23H21FN8O. The summed E-state index contributed by atoms with van der Waals surface area (Å²) in [6.07, 6.45) is 4.97.